The summed E-state index contributed by atoms with van der Waals surface area (Å²) in [4.78, 5) is 20.9. The minimum atomic E-state index is -1.06. The van der Waals surface area contributed by atoms with E-state index in [1.54, 1.807) is 0 Å². The zero-order chi connectivity index (χ0) is 16.9. The van der Waals surface area contributed by atoms with Crippen LogP contribution in [0.5, 0.6) is 11.5 Å². The van der Waals surface area contributed by atoms with Gasteiger partial charge in [0.15, 0.2) is 0 Å². The van der Waals surface area contributed by atoms with Gasteiger partial charge in [0, 0.05) is 0 Å². The average Bonchev–Trinajstić information content (AvgIpc) is 2.45. The third kappa shape index (κ3) is 5.32. The summed E-state index contributed by atoms with van der Waals surface area (Å²) in [6, 6.07) is 8.42. The maximum absolute atomic E-state index is 10.9. The molecule has 0 saturated carbocycles. The fraction of sp³-hybridized carbons (Fsp3) is 0.125. The van der Waals surface area contributed by atoms with Crippen LogP contribution in [0.3, 0.4) is 0 Å². The monoisotopic (exact) mass is 365 g/mol. The maximum Gasteiger partial charge on any atom is 2.00 e. The van der Waals surface area contributed by atoms with Gasteiger partial charge in [-0.3, -0.25) is 0 Å². The molecule has 2 aromatic rings. The standard InChI is InChI=1S/2C8H8O3.Cu/c2*1-5-6(8(10)11)3-2-4-7(5)9;/h2*2-4,9H,1H3,(H,10,11);/q;;+2/p-2. The Labute approximate surface area is 143 Å². The van der Waals surface area contributed by atoms with E-state index < -0.39 is 11.9 Å². The van der Waals surface area contributed by atoms with Crippen molar-refractivity contribution in [3.8, 4) is 11.5 Å². The number of hydrogen-bond acceptors (Lipinski definition) is 4. The predicted molar refractivity (Wildman–Crippen MR) is 75.2 cm³/mol. The molecule has 0 heterocycles. The van der Waals surface area contributed by atoms with Gasteiger partial charge in [-0.2, -0.15) is 0 Å². The molecule has 2 rings (SSSR count). The number of rotatable bonds is 2. The Morgan fingerprint density at radius 2 is 1.09 bits per heavy atom. The number of hydrogen-bond donors (Lipinski definition) is 2. The fourth-order valence-corrected chi connectivity index (χ4v) is 1.69. The first kappa shape index (κ1) is 20.5. The summed E-state index contributed by atoms with van der Waals surface area (Å²) in [5.74, 6) is -2.57. The Morgan fingerprint density at radius 1 is 0.783 bits per heavy atom. The second-order valence-electron chi connectivity index (χ2n) is 4.47. The summed E-state index contributed by atoms with van der Waals surface area (Å²) in [6.45, 7) is 3.01. The van der Waals surface area contributed by atoms with Gasteiger partial charge in [0.1, 0.15) is 0 Å². The molecule has 2 aromatic carbocycles. The van der Waals surface area contributed by atoms with Crippen LogP contribution in [0.1, 0.15) is 31.8 Å². The van der Waals surface area contributed by atoms with Crippen LogP contribution >= 0.6 is 0 Å². The minimum absolute atomic E-state index is 0. The zero-order valence-corrected chi connectivity index (χ0v) is 13.2. The summed E-state index contributed by atoms with van der Waals surface area (Å²) in [6.07, 6.45) is 0. The average molecular weight is 366 g/mol. The van der Waals surface area contributed by atoms with Crippen molar-refractivity contribution < 1.29 is 47.1 Å². The molecule has 0 aliphatic carbocycles. The Bertz CT molecular complexity index is 650. The topological polar surface area (TPSA) is 121 Å². The van der Waals surface area contributed by atoms with Crippen LogP contribution in [0.15, 0.2) is 36.4 Å². The summed E-state index contributed by atoms with van der Waals surface area (Å²) in [7, 11) is 0. The molecule has 0 amide bonds. The summed E-state index contributed by atoms with van der Waals surface area (Å²) >= 11 is 0. The summed E-state index contributed by atoms with van der Waals surface area (Å²) in [5.41, 5.74) is 0.745. The third-order valence-corrected chi connectivity index (χ3v) is 3.03. The van der Waals surface area contributed by atoms with Crippen molar-refractivity contribution in [2.75, 3.05) is 0 Å². The zero-order valence-electron chi connectivity index (χ0n) is 12.3. The first-order chi connectivity index (χ1) is 10.3. The molecule has 125 valence electrons. The van der Waals surface area contributed by atoms with E-state index in [0.29, 0.717) is 11.1 Å². The molecule has 0 aromatic heterocycles. The minimum Gasteiger partial charge on any atom is -0.872 e. The maximum atomic E-state index is 10.9. The Hall–Kier alpha value is -2.50. The first-order valence-corrected chi connectivity index (χ1v) is 6.25. The largest absolute Gasteiger partial charge is 2.00 e. The van der Waals surface area contributed by atoms with Crippen LogP contribution in [-0.2, 0) is 17.1 Å². The van der Waals surface area contributed by atoms with Crippen molar-refractivity contribution in [1.29, 1.82) is 0 Å². The number of aromatic carboxylic acids is 2. The molecule has 0 unspecified atom stereocenters. The van der Waals surface area contributed by atoms with E-state index in [0.717, 1.165) is 0 Å². The van der Waals surface area contributed by atoms with Crippen molar-refractivity contribution in [2.24, 2.45) is 0 Å². The molecule has 23 heavy (non-hydrogen) atoms. The number of carbonyl (C=O) groups is 2. The second-order valence-corrected chi connectivity index (χ2v) is 4.47. The van der Waals surface area contributed by atoms with Crippen LogP contribution in [0.4, 0.5) is 0 Å². The molecule has 1 radical (unpaired) electrons. The number of carboxylic acids is 2. The van der Waals surface area contributed by atoms with E-state index >= 15 is 0 Å². The number of carboxylic acid groups (broad SMARTS) is 2. The molecule has 0 spiro atoms. The van der Waals surface area contributed by atoms with Gasteiger partial charge in [0.25, 0.3) is 0 Å². The van der Waals surface area contributed by atoms with Crippen LogP contribution < -0.4 is 10.2 Å². The van der Waals surface area contributed by atoms with E-state index in [1.165, 1.54) is 50.2 Å². The van der Waals surface area contributed by atoms with E-state index in [1.807, 2.05) is 0 Å². The molecule has 0 saturated heterocycles. The fourth-order valence-electron chi connectivity index (χ4n) is 1.69. The molecule has 6 nitrogen and oxygen atoms in total. The van der Waals surface area contributed by atoms with Crippen molar-refractivity contribution in [2.45, 2.75) is 13.8 Å². The van der Waals surface area contributed by atoms with Gasteiger partial charge in [-0.05, 0) is 37.1 Å². The molecular weight excluding hydrogens is 352 g/mol. The molecule has 0 aliphatic rings. The van der Waals surface area contributed by atoms with Crippen molar-refractivity contribution in [3.63, 3.8) is 0 Å². The molecule has 2 N–H and O–H groups in total. The van der Waals surface area contributed by atoms with Crippen LogP contribution in [0.25, 0.3) is 0 Å². The molecule has 7 heteroatoms. The van der Waals surface area contributed by atoms with Gasteiger partial charge in [-0.1, -0.05) is 24.3 Å². The Morgan fingerprint density at radius 3 is 1.30 bits per heavy atom. The van der Waals surface area contributed by atoms with Crippen LogP contribution in [0, 0.1) is 13.8 Å². The van der Waals surface area contributed by atoms with Gasteiger partial charge in [0.05, 0.1) is 11.1 Å². The summed E-state index contributed by atoms with van der Waals surface area (Å²) in [5, 5.41) is 38.9. The van der Waals surface area contributed by atoms with E-state index in [2.05, 4.69) is 0 Å². The predicted octanol–water partition coefficient (Wildman–Crippen LogP) is 1.53. The SMILES string of the molecule is Cc1c([O-])cccc1C(=O)O.Cc1c([O-])cccc1C(=O)O.[Cu+2]. The van der Waals surface area contributed by atoms with Gasteiger partial charge < -0.3 is 20.4 Å². The van der Waals surface area contributed by atoms with Crippen molar-refractivity contribution in [1.82, 2.24) is 0 Å². The van der Waals surface area contributed by atoms with E-state index in [9.17, 15) is 19.8 Å². The molecular formula is C16H14CuO6. The molecule has 0 fully saturated rings. The van der Waals surface area contributed by atoms with Crippen LogP contribution in [0.2, 0.25) is 0 Å². The van der Waals surface area contributed by atoms with Crippen LogP contribution in [-0.4, -0.2) is 22.2 Å². The second kappa shape index (κ2) is 8.82. The normalized spacial score (nSPS) is 9.13. The Balaban J connectivity index is 0.000000403. The Kier molecular flexibility index (Phi) is 7.87. The van der Waals surface area contributed by atoms with Crippen molar-refractivity contribution >= 4 is 11.9 Å². The molecule has 0 bridgehead atoms. The first-order valence-electron chi connectivity index (χ1n) is 6.25. The van der Waals surface area contributed by atoms with Gasteiger partial charge in [0.2, 0.25) is 0 Å². The molecule has 0 aliphatic heterocycles. The summed E-state index contributed by atoms with van der Waals surface area (Å²) < 4.78 is 0. The van der Waals surface area contributed by atoms with E-state index in [-0.39, 0.29) is 39.7 Å². The van der Waals surface area contributed by atoms with Gasteiger partial charge >= 0.3 is 29.0 Å². The third-order valence-electron chi connectivity index (χ3n) is 3.03. The van der Waals surface area contributed by atoms with Crippen molar-refractivity contribution in [3.05, 3.63) is 58.7 Å². The number of benzene rings is 2. The van der Waals surface area contributed by atoms with Gasteiger partial charge in [-0.15, -0.1) is 11.5 Å². The quantitative estimate of drug-likeness (QED) is 0.778. The smallest absolute Gasteiger partial charge is 0.872 e. The van der Waals surface area contributed by atoms with E-state index in [4.69, 9.17) is 10.2 Å². The molecule has 0 atom stereocenters. The van der Waals surface area contributed by atoms with Gasteiger partial charge in [-0.25, -0.2) is 9.59 Å².